The predicted molar refractivity (Wildman–Crippen MR) is 63.4 cm³/mol. The van der Waals surface area contributed by atoms with Crippen LogP contribution in [0.5, 0.6) is 0 Å². The molecule has 0 saturated heterocycles. The Hall–Kier alpha value is -1.76. The first-order chi connectivity index (χ1) is 7.65. The minimum Gasteiger partial charge on any atom is -0.300 e. The Bertz CT molecular complexity index is 491. The molecule has 4 heteroatoms. The summed E-state index contributed by atoms with van der Waals surface area (Å²) in [5.74, 6) is 2.58. The van der Waals surface area contributed by atoms with E-state index in [1.54, 1.807) is 13.1 Å². The van der Waals surface area contributed by atoms with Crippen LogP contribution >= 0.6 is 0 Å². The van der Waals surface area contributed by atoms with Crippen molar-refractivity contribution in [2.75, 3.05) is 0 Å². The third-order valence-electron chi connectivity index (χ3n) is 2.41. The number of unbranched alkanes of at least 4 members (excludes halogenated alkanes) is 3. The van der Waals surface area contributed by atoms with Crippen molar-refractivity contribution in [1.29, 1.82) is 0 Å². The zero-order valence-electron chi connectivity index (χ0n) is 9.45. The Kier molecular flexibility index (Phi) is 4.59. The molecule has 1 rings (SSSR count). The highest BCUT2D eigenvalue weighted by Gasteiger charge is 1.99. The van der Waals surface area contributed by atoms with Crippen molar-refractivity contribution in [2.45, 2.75) is 39.2 Å². The van der Waals surface area contributed by atoms with E-state index in [1.807, 2.05) is 0 Å². The van der Waals surface area contributed by atoms with E-state index in [1.165, 1.54) is 4.57 Å². The molecule has 0 aliphatic rings. The standard InChI is InChI=1S/C12H16N2O2/c1-3-4-5-6-7-8-14-9-10(2)11(15)13-12(14)16/h1,9H,4-8H2,2H3,(H,13,15,16). The first-order valence-electron chi connectivity index (χ1n) is 5.39. The Morgan fingerprint density at radius 1 is 1.38 bits per heavy atom. The molecule has 1 aromatic rings. The molecule has 86 valence electrons. The maximum atomic E-state index is 11.4. The molecule has 0 aliphatic carbocycles. The van der Waals surface area contributed by atoms with Crippen molar-refractivity contribution in [3.8, 4) is 12.3 Å². The van der Waals surface area contributed by atoms with Crippen LogP contribution in [0, 0.1) is 19.3 Å². The number of H-pyrrole nitrogens is 1. The lowest BCUT2D eigenvalue weighted by Gasteiger charge is -2.04. The largest absolute Gasteiger partial charge is 0.328 e. The van der Waals surface area contributed by atoms with E-state index >= 15 is 0 Å². The van der Waals surface area contributed by atoms with Gasteiger partial charge in [0.05, 0.1) is 0 Å². The second-order valence-corrected chi connectivity index (χ2v) is 3.78. The Balaban J connectivity index is 2.55. The lowest BCUT2D eigenvalue weighted by molar-refractivity contribution is 0.565. The van der Waals surface area contributed by atoms with Crippen molar-refractivity contribution in [2.24, 2.45) is 0 Å². The molecule has 0 fully saturated rings. The van der Waals surface area contributed by atoms with Crippen molar-refractivity contribution in [3.05, 3.63) is 32.6 Å². The Morgan fingerprint density at radius 3 is 2.81 bits per heavy atom. The van der Waals surface area contributed by atoms with Crippen LogP contribution in [0.3, 0.4) is 0 Å². The van der Waals surface area contributed by atoms with E-state index in [2.05, 4.69) is 10.9 Å². The summed E-state index contributed by atoms with van der Waals surface area (Å²) in [6, 6.07) is 0. The quantitative estimate of drug-likeness (QED) is 0.595. The first-order valence-corrected chi connectivity index (χ1v) is 5.39. The van der Waals surface area contributed by atoms with Crippen LogP contribution < -0.4 is 11.2 Å². The highest BCUT2D eigenvalue weighted by Crippen LogP contribution is 2.00. The van der Waals surface area contributed by atoms with E-state index in [-0.39, 0.29) is 11.2 Å². The van der Waals surface area contributed by atoms with Crippen molar-refractivity contribution >= 4 is 0 Å². The number of rotatable bonds is 5. The molecule has 0 unspecified atom stereocenters. The molecule has 0 aromatic carbocycles. The summed E-state index contributed by atoms with van der Waals surface area (Å²) in [7, 11) is 0. The third kappa shape index (κ3) is 3.43. The fourth-order valence-corrected chi connectivity index (χ4v) is 1.47. The average Bonchev–Trinajstić information content (AvgIpc) is 2.25. The zero-order chi connectivity index (χ0) is 12.0. The van der Waals surface area contributed by atoms with Gasteiger partial charge in [0.25, 0.3) is 5.56 Å². The van der Waals surface area contributed by atoms with Gasteiger partial charge >= 0.3 is 5.69 Å². The molecule has 4 nitrogen and oxygen atoms in total. The van der Waals surface area contributed by atoms with Gasteiger partial charge in [0.15, 0.2) is 0 Å². The fraction of sp³-hybridized carbons (Fsp3) is 0.500. The lowest BCUT2D eigenvalue weighted by Crippen LogP contribution is -2.30. The molecule has 0 atom stereocenters. The van der Waals surface area contributed by atoms with Crippen LogP contribution in [0.25, 0.3) is 0 Å². The molecular weight excluding hydrogens is 204 g/mol. The number of terminal acetylenes is 1. The summed E-state index contributed by atoms with van der Waals surface area (Å²) in [5.41, 5.74) is -0.0932. The van der Waals surface area contributed by atoms with Crippen molar-refractivity contribution in [1.82, 2.24) is 9.55 Å². The summed E-state index contributed by atoms with van der Waals surface area (Å²) in [4.78, 5) is 24.8. The molecule has 1 heterocycles. The number of nitrogens with one attached hydrogen (secondary N) is 1. The van der Waals surface area contributed by atoms with E-state index in [0.29, 0.717) is 12.1 Å². The number of aryl methyl sites for hydroxylation is 2. The molecule has 1 N–H and O–H groups in total. The van der Waals surface area contributed by atoms with E-state index < -0.39 is 0 Å². The molecular formula is C12H16N2O2. The van der Waals surface area contributed by atoms with Gasteiger partial charge in [0.2, 0.25) is 0 Å². The van der Waals surface area contributed by atoms with Gasteiger partial charge in [-0.25, -0.2) is 4.79 Å². The maximum absolute atomic E-state index is 11.4. The summed E-state index contributed by atoms with van der Waals surface area (Å²) < 4.78 is 1.53. The van der Waals surface area contributed by atoms with Crippen LogP contribution in [0.4, 0.5) is 0 Å². The predicted octanol–water partition coefficient (Wildman–Crippen LogP) is 1.04. The molecule has 0 saturated carbocycles. The minimum atomic E-state index is -0.340. The maximum Gasteiger partial charge on any atom is 0.328 e. The zero-order valence-corrected chi connectivity index (χ0v) is 9.45. The highest BCUT2D eigenvalue weighted by molar-refractivity contribution is 5.00. The SMILES string of the molecule is C#CCCCCCn1cc(C)c(=O)[nH]c1=O. The first kappa shape index (κ1) is 12.3. The fourth-order valence-electron chi connectivity index (χ4n) is 1.47. The lowest BCUT2D eigenvalue weighted by atomic mass is 10.2. The van der Waals surface area contributed by atoms with E-state index in [0.717, 1.165) is 25.7 Å². The van der Waals surface area contributed by atoms with Gasteiger partial charge in [-0.1, -0.05) is 6.42 Å². The van der Waals surface area contributed by atoms with Crippen LogP contribution in [-0.4, -0.2) is 9.55 Å². The normalized spacial score (nSPS) is 10.0. The molecule has 0 aliphatic heterocycles. The molecule has 16 heavy (non-hydrogen) atoms. The molecule has 0 bridgehead atoms. The van der Waals surface area contributed by atoms with Crippen LogP contribution in [0.15, 0.2) is 15.8 Å². The van der Waals surface area contributed by atoms with Gasteiger partial charge in [0.1, 0.15) is 0 Å². The summed E-state index contributed by atoms with van der Waals surface area (Å²) in [6.07, 6.45) is 10.4. The third-order valence-corrected chi connectivity index (χ3v) is 2.41. The van der Waals surface area contributed by atoms with Crippen molar-refractivity contribution in [3.63, 3.8) is 0 Å². The smallest absolute Gasteiger partial charge is 0.300 e. The number of hydrogen-bond acceptors (Lipinski definition) is 2. The number of nitrogens with zero attached hydrogens (tertiary/aromatic N) is 1. The molecule has 0 radical (unpaired) electrons. The van der Waals surface area contributed by atoms with Gasteiger partial charge in [-0.15, -0.1) is 12.3 Å². The summed E-state index contributed by atoms with van der Waals surface area (Å²) >= 11 is 0. The van der Waals surface area contributed by atoms with Gasteiger partial charge in [-0.05, 0) is 19.8 Å². The molecule has 0 spiro atoms. The summed E-state index contributed by atoms with van der Waals surface area (Å²) in [6.45, 7) is 2.31. The highest BCUT2D eigenvalue weighted by atomic mass is 16.2. The Morgan fingerprint density at radius 2 is 2.12 bits per heavy atom. The molecule has 1 aromatic heterocycles. The average molecular weight is 220 g/mol. The van der Waals surface area contributed by atoms with Crippen molar-refractivity contribution < 1.29 is 0 Å². The Labute approximate surface area is 94.3 Å². The topological polar surface area (TPSA) is 54.9 Å². The van der Waals surface area contributed by atoms with Gasteiger partial charge in [0, 0.05) is 24.7 Å². The van der Waals surface area contributed by atoms with E-state index in [9.17, 15) is 9.59 Å². The van der Waals surface area contributed by atoms with Gasteiger partial charge in [-0.2, -0.15) is 0 Å². The molecule has 0 amide bonds. The second kappa shape index (κ2) is 5.96. The number of aromatic nitrogens is 2. The number of aromatic amines is 1. The van der Waals surface area contributed by atoms with Crippen LogP contribution in [0.2, 0.25) is 0 Å². The van der Waals surface area contributed by atoms with Crippen LogP contribution in [-0.2, 0) is 6.54 Å². The van der Waals surface area contributed by atoms with E-state index in [4.69, 9.17) is 6.42 Å². The van der Waals surface area contributed by atoms with Gasteiger partial charge in [-0.3, -0.25) is 9.78 Å². The summed E-state index contributed by atoms with van der Waals surface area (Å²) in [5, 5.41) is 0. The monoisotopic (exact) mass is 220 g/mol. The van der Waals surface area contributed by atoms with Crippen LogP contribution in [0.1, 0.15) is 31.2 Å². The second-order valence-electron chi connectivity index (χ2n) is 3.78. The number of hydrogen-bond donors (Lipinski definition) is 1. The van der Waals surface area contributed by atoms with Gasteiger partial charge < -0.3 is 4.57 Å². The minimum absolute atomic E-state index is 0.311.